The van der Waals surface area contributed by atoms with E-state index in [2.05, 4.69) is 12.1 Å². The average Bonchev–Trinajstić information content (AvgIpc) is 2.63. The van der Waals surface area contributed by atoms with Crippen molar-refractivity contribution in [1.82, 2.24) is 4.90 Å². The Bertz CT molecular complexity index is 511. The molecule has 0 aromatic heterocycles. The number of methoxy groups -OCH3 is 1. The molecule has 24 heavy (non-hydrogen) atoms. The molecule has 0 spiro atoms. The van der Waals surface area contributed by atoms with Gasteiger partial charge in [-0.2, -0.15) is 0 Å². The van der Waals surface area contributed by atoms with E-state index in [1.54, 1.807) is 7.11 Å². The first-order valence-electron chi connectivity index (χ1n) is 9.24. The molecule has 1 aliphatic heterocycles. The molecule has 2 fully saturated rings. The number of hydrogen-bond acceptors (Lipinski definition) is 3. The van der Waals surface area contributed by atoms with E-state index in [1.807, 2.05) is 23.1 Å². The molecule has 1 amide bonds. The van der Waals surface area contributed by atoms with E-state index in [-0.39, 0.29) is 18.1 Å². The number of carbonyl (C=O) groups excluding carboxylic acids is 1. The SMILES string of the molecule is COC[C@@H]1OCCN(C(=O)CC2CCCCC2)[C@H]1c1ccccc1. The van der Waals surface area contributed by atoms with Crippen LogP contribution in [0.3, 0.4) is 0 Å². The lowest BCUT2D eigenvalue weighted by molar-refractivity contribution is -0.152. The van der Waals surface area contributed by atoms with Crippen molar-refractivity contribution in [3.05, 3.63) is 35.9 Å². The Morgan fingerprint density at radius 3 is 2.67 bits per heavy atom. The number of carbonyl (C=O) groups is 1. The second kappa shape index (κ2) is 8.63. The van der Waals surface area contributed by atoms with E-state index < -0.39 is 0 Å². The molecule has 132 valence electrons. The van der Waals surface area contributed by atoms with Crippen LogP contribution in [0.2, 0.25) is 0 Å². The Balaban J connectivity index is 1.76. The van der Waals surface area contributed by atoms with Crippen LogP contribution in [0.5, 0.6) is 0 Å². The molecule has 1 saturated heterocycles. The van der Waals surface area contributed by atoms with Crippen LogP contribution in [0.25, 0.3) is 0 Å². The van der Waals surface area contributed by atoms with Crippen LogP contribution >= 0.6 is 0 Å². The third-order valence-corrected chi connectivity index (χ3v) is 5.33. The van der Waals surface area contributed by atoms with Crippen molar-refractivity contribution >= 4 is 5.91 Å². The molecule has 1 aromatic rings. The van der Waals surface area contributed by atoms with Gasteiger partial charge in [-0.05, 0) is 24.3 Å². The predicted molar refractivity (Wildman–Crippen MR) is 93.7 cm³/mol. The molecule has 1 aliphatic carbocycles. The van der Waals surface area contributed by atoms with Gasteiger partial charge in [0.15, 0.2) is 0 Å². The Hall–Kier alpha value is -1.39. The summed E-state index contributed by atoms with van der Waals surface area (Å²) in [5, 5.41) is 0. The van der Waals surface area contributed by atoms with Crippen LogP contribution in [0, 0.1) is 5.92 Å². The first kappa shape index (κ1) is 17.4. The summed E-state index contributed by atoms with van der Waals surface area (Å²) in [6.45, 7) is 1.77. The number of benzene rings is 1. The fourth-order valence-corrected chi connectivity index (χ4v) is 4.12. The zero-order valence-corrected chi connectivity index (χ0v) is 14.7. The molecule has 2 atom stereocenters. The van der Waals surface area contributed by atoms with Gasteiger partial charge in [-0.15, -0.1) is 0 Å². The summed E-state index contributed by atoms with van der Waals surface area (Å²) in [5.41, 5.74) is 1.14. The zero-order chi connectivity index (χ0) is 16.8. The van der Waals surface area contributed by atoms with Crippen LogP contribution < -0.4 is 0 Å². The van der Waals surface area contributed by atoms with Gasteiger partial charge in [0, 0.05) is 20.1 Å². The van der Waals surface area contributed by atoms with Gasteiger partial charge in [0.1, 0.15) is 6.10 Å². The average molecular weight is 331 g/mol. The lowest BCUT2D eigenvalue weighted by atomic mass is 9.86. The van der Waals surface area contributed by atoms with Gasteiger partial charge in [-0.1, -0.05) is 49.6 Å². The Morgan fingerprint density at radius 2 is 1.96 bits per heavy atom. The summed E-state index contributed by atoms with van der Waals surface area (Å²) in [5.74, 6) is 0.839. The van der Waals surface area contributed by atoms with Crippen molar-refractivity contribution < 1.29 is 14.3 Å². The highest BCUT2D eigenvalue weighted by molar-refractivity contribution is 5.77. The van der Waals surface area contributed by atoms with Gasteiger partial charge < -0.3 is 14.4 Å². The van der Waals surface area contributed by atoms with Crippen LogP contribution in [0.4, 0.5) is 0 Å². The molecular weight excluding hydrogens is 302 g/mol. The Morgan fingerprint density at radius 1 is 1.21 bits per heavy atom. The van der Waals surface area contributed by atoms with E-state index in [0.717, 1.165) is 5.56 Å². The van der Waals surface area contributed by atoms with E-state index in [0.29, 0.717) is 32.1 Å². The molecular formula is C20H29NO3. The van der Waals surface area contributed by atoms with Crippen molar-refractivity contribution in [2.75, 3.05) is 26.9 Å². The number of morpholine rings is 1. The molecule has 1 saturated carbocycles. The molecule has 0 bridgehead atoms. The van der Waals surface area contributed by atoms with Crippen molar-refractivity contribution in [3.8, 4) is 0 Å². The standard InChI is InChI=1S/C20H29NO3/c1-23-15-18-20(17-10-6-3-7-11-17)21(12-13-24-18)19(22)14-16-8-4-2-5-9-16/h3,6-7,10-11,16,18,20H,2,4-5,8-9,12-15H2,1H3/t18-,20-/m0/s1. The molecule has 0 unspecified atom stereocenters. The summed E-state index contributed by atoms with van der Waals surface area (Å²) in [7, 11) is 1.69. The molecule has 0 radical (unpaired) electrons. The lowest BCUT2D eigenvalue weighted by Gasteiger charge is -2.42. The van der Waals surface area contributed by atoms with Crippen LogP contribution in [-0.4, -0.2) is 43.8 Å². The minimum absolute atomic E-state index is 0.0454. The highest BCUT2D eigenvalue weighted by Crippen LogP contribution is 2.33. The summed E-state index contributed by atoms with van der Waals surface area (Å²) >= 11 is 0. The van der Waals surface area contributed by atoms with Gasteiger partial charge in [-0.25, -0.2) is 0 Å². The number of nitrogens with zero attached hydrogens (tertiary/aromatic N) is 1. The van der Waals surface area contributed by atoms with Gasteiger partial charge in [0.05, 0.1) is 19.3 Å². The second-order valence-corrected chi connectivity index (χ2v) is 7.02. The molecule has 4 heteroatoms. The van der Waals surface area contributed by atoms with Gasteiger partial charge in [0.25, 0.3) is 0 Å². The molecule has 2 aliphatic rings. The maximum absolute atomic E-state index is 13.0. The largest absolute Gasteiger partial charge is 0.382 e. The topological polar surface area (TPSA) is 38.8 Å². The summed E-state index contributed by atoms with van der Waals surface area (Å²) < 4.78 is 11.3. The maximum atomic E-state index is 13.0. The minimum Gasteiger partial charge on any atom is -0.382 e. The first-order valence-corrected chi connectivity index (χ1v) is 9.24. The number of hydrogen-bond donors (Lipinski definition) is 0. The second-order valence-electron chi connectivity index (χ2n) is 7.02. The number of rotatable bonds is 5. The Labute approximate surface area is 145 Å². The van der Waals surface area contributed by atoms with Gasteiger partial charge >= 0.3 is 0 Å². The predicted octanol–water partition coefficient (Wildman–Crippen LogP) is 3.57. The monoisotopic (exact) mass is 331 g/mol. The normalized spacial score (nSPS) is 25.6. The lowest BCUT2D eigenvalue weighted by Crippen LogP contribution is -2.50. The van der Waals surface area contributed by atoms with E-state index in [1.165, 1.54) is 32.1 Å². The fourth-order valence-electron chi connectivity index (χ4n) is 4.12. The van der Waals surface area contributed by atoms with E-state index >= 15 is 0 Å². The number of amides is 1. The van der Waals surface area contributed by atoms with Gasteiger partial charge in [-0.3, -0.25) is 4.79 Å². The first-order chi connectivity index (χ1) is 11.8. The smallest absolute Gasteiger partial charge is 0.223 e. The van der Waals surface area contributed by atoms with Crippen LogP contribution in [-0.2, 0) is 14.3 Å². The summed E-state index contributed by atoms with van der Waals surface area (Å²) in [6, 6.07) is 10.2. The number of ether oxygens (including phenoxy) is 2. The molecule has 1 aromatic carbocycles. The highest BCUT2D eigenvalue weighted by atomic mass is 16.5. The van der Waals surface area contributed by atoms with Crippen molar-refractivity contribution in [2.45, 2.75) is 50.7 Å². The maximum Gasteiger partial charge on any atom is 0.223 e. The fraction of sp³-hybridized carbons (Fsp3) is 0.650. The van der Waals surface area contributed by atoms with E-state index in [4.69, 9.17) is 9.47 Å². The zero-order valence-electron chi connectivity index (χ0n) is 14.7. The molecule has 3 rings (SSSR count). The van der Waals surface area contributed by atoms with Crippen molar-refractivity contribution in [3.63, 3.8) is 0 Å². The highest BCUT2D eigenvalue weighted by Gasteiger charge is 2.36. The summed E-state index contributed by atoms with van der Waals surface area (Å²) in [4.78, 5) is 15.1. The summed E-state index contributed by atoms with van der Waals surface area (Å²) in [6.07, 6.45) is 6.86. The van der Waals surface area contributed by atoms with E-state index in [9.17, 15) is 4.79 Å². The third kappa shape index (κ3) is 4.17. The minimum atomic E-state index is -0.0959. The van der Waals surface area contributed by atoms with Crippen molar-refractivity contribution in [1.29, 1.82) is 0 Å². The molecule has 1 heterocycles. The van der Waals surface area contributed by atoms with Crippen LogP contribution in [0.15, 0.2) is 30.3 Å². The quantitative estimate of drug-likeness (QED) is 0.828. The van der Waals surface area contributed by atoms with Crippen LogP contribution in [0.1, 0.15) is 50.1 Å². The van der Waals surface area contributed by atoms with Crippen molar-refractivity contribution in [2.24, 2.45) is 5.92 Å². The molecule has 0 N–H and O–H groups in total. The third-order valence-electron chi connectivity index (χ3n) is 5.33. The van der Waals surface area contributed by atoms with Gasteiger partial charge in [0.2, 0.25) is 5.91 Å². The Kier molecular flexibility index (Phi) is 6.27. The molecule has 4 nitrogen and oxygen atoms in total.